The second-order valence-corrected chi connectivity index (χ2v) is 2.53. The molecule has 0 spiro atoms. The van der Waals surface area contributed by atoms with E-state index in [1.165, 1.54) is 0 Å². The molecule has 0 nitrogen and oxygen atoms in total. The highest BCUT2D eigenvalue weighted by Crippen LogP contribution is 2.09. The van der Waals surface area contributed by atoms with Gasteiger partial charge in [-0.05, 0) is 0 Å². The lowest BCUT2D eigenvalue weighted by Gasteiger charge is -1.68. The van der Waals surface area contributed by atoms with E-state index in [4.69, 9.17) is 5.48 Å². The Morgan fingerprint density at radius 1 is 1.40 bits per heavy atom. The van der Waals surface area contributed by atoms with Gasteiger partial charge < -0.3 is 0 Å². The van der Waals surface area contributed by atoms with E-state index in [1.807, 2.05) is 0 Å². The van der Waals surface area contributed by atoms with Gasteiger partial charge in [0.25, 0.3) is 0 Å². The van der Waals surface area contributed by atoms with Crippen molar-refractivity contribution in [3.63, 3.8) is 0 Å². The van der Waals surface area contributed by atoms with Crippen LogP contribution in [0.15, 0.2) is 0 Å². The smallest absolute Gasteiger partial charge is 0.0229 e. The normalized spacial score (nSPS) is 56.0. The lowest BCUT2D eigenvalue weighted by Crippen LogP contribution is -1.68. The lowest BCUT2D eigenvalue weighted by molar-refractivity contribution is 0.935. The molecule has 0 unspecified atom stereocenters. The van der Waals surface area contributed by atoms with Gasteiger partial charge in [0.1, 0.15) is 0 Å². The van der Waals surface area contributed by atoms with Crippen molar-refractivity contribution < 1.29 is 5.48 Å². The summed E-state index contributed by atoms with van der Waals surface area (Å²) >= 11 is 0. The van der Waals surface area contributed by atoms with E-state index in [0.29, 0.717) is 12.8 Å². The molecule has 1 heterocycles. The van der Waals surface area contributed by atoms with Crippen molar-refractivity contribution in [1.82, 2.24) is 0 Å². The Bertz CT molecular complexity index is 108. The monoisotopic (exact) mass is 90.1 g/mol. The van der Waals surface area contributed by atoms with Gasteiger partial charge in [0, 0.05) is 15.0 Å². The molecule has 1 rings (SSSR count). The Kier molecular flexibility index (Phi) is 0.350. The Balaban J connectivity index is 2.58. The van der Waals surface area contributed by atoms with E-state index in [9.17, 15) is 0 Å². The van der Waals surface area contributed by atoms with Crippen LogP contribution >= 0.6 is 0 Å². The SMILES string of the molecule is [2H]C1([2H])CCC([2H])([2H])[SiH2]1. The maximum absolute atomic E-state index is 7.23. The van der Waals surface area contributed by atoms with E-state index in [-0.39, 0.29) is 0 Å². The van der Waals surface area contributed by atoms with Gasteiger partial charge >= 0.3 is 0 Å². The predicted octanol–water partition coefficient (Wildman–Crippen LogP) is 0.786. The van der Waals surface area contributed by atoms with Crippen LogP contribution in [0.3, 0.4) is 0 Å². The molecule has 1 heteroatoms. The molecule has 1 saturated heterocycles. The summed E-state index contributed by atoms with van der Waals surface area (Å²) in [6.07, 6.45) is 0.873. The van der Waals surface area contributed by atoms with Gasteiger partial charge in [-0.3, -0.25) is 0 Å². The minimum Gasteiger partial charge on any atom is -0.0628 e. The fraction of sp³-hybridized carbons (Fsp3) is 1.00. The first-order chi connectivity index (χ1) is 3.91. The molecule has 0 aliphatic carbocycles. The molecule has 1 aliphatic heterocycles. The van der Waals surface area contributed by atoms with Crippen molar-refractivity contribution in [2.24, 2.45) is 0 Å². The summed E-state index contributed by atoms with van der Waals surface area (Å²) in [6.45, 7) is 0. The van der Waals surface area contributed by atoms with E-state index in [1.54, 1.807) is 0 Å². The summed E-state index contributed by atoms with van der Waals surface area (Å²) < 4.78 is 28.9. The van der Waals surface area contributed by atoms with Gasteiger partial charge in [0.05, 0.1) is 0 Å². The Morgan fingerprint density at radius 3 is 2.20 bits per heavy atom. The summed E-state index contributed by atoms with van der Waals surface area (Å²) in [5.41, 5.74) is 0. The van der Waals surface area contributed by atoms with Crippen LogP contribution in [0.25, 0.3) is 0 Å². The molecular formula is C4H10Si. The second kappa shape index (κ2) is 1.60. The van der Waals surface area contributed by atoms with Crippen LogP contribution in [0.5, 0.6) is 0 Å². The average Bonchev–Trinajstić information content (AvgIpc) is 1.78. The molecule has 5 heavy (non-hydrogen) atoms. The van der Waals surface area contributed by atoms with Crippen LogP contribution in [0.2, 0.25) is 12.0 Å². The van der Waals surface area contributed by atoms with E-state index >= 15 is 0 Å². The van der Waals surface area contributed by atoms with Crippen molar-refractivity contribution in [2.75, 3.05) is 0 Å². The lowest BCUT2D eigenvalue weighted by atomic mass is 10.4. The quantitative estimate of drug-likeness (QED) is 0.386. The van der Waals surface area contributed by atoms with E-state index < -0.39 is 21.5 Å². The first-order valence-corrected chi connectivity index (χ1v) is 3.33. The van der Waals surface area contributed by atoms with Crippen LogP contribution in [0, 0.1) is 0 Å². The standard InChI is InChI=1S/C4H10Si/c1-2-4-5-3-1/h1-5H2/i3D2,4D2. The zero-order valence-corrected chi connectivity index (χ0v) is 4.54. The topological polar surface area (TPSA) is 0 Å². The highest BCUT2D eigenvalue weighted by molar-refractivity contribution is 6.36. The summed E-state index contributed by atoms with van der Waals surface area (Å²) in [6, 6.07) is 0. The number of hydrogen-bond donors (Lipinski definition) is 0. The van der Waals surface area contributed by atoms with Gasteiger partial charge in [-0.25, -0.2) is 0 Å². The second-order valence-electron chi connectivity index (χ2n) is 1.18. The summed E-state index contributed by atoms with van der Waals surface area (Å²) in [5.74, 6) is -2.22. The maximum atomic E-state index is 7.23. The van der Waals surface area contributed by atoms with Crippen molar-refractivity contribution >= 4 is 9.52 Å². The number of rotatable bonds is 0. The van der Waals surface area contributed by atoms with Gasteiger partial charge in [0.2, 0.25) is 0 Å². The third-order valence-corrected chi connectivity index (χ3v) is 1.94. The van der Waals surface area contributed by atoms with Crippen LogP contribution in [-0.2, 0) is 0 Å². The molecule has 1 aliphatic rings. The first-order valence-electron chi connectivity index (χ1n) is 3.91. The zero-order valence-electron chi connectivity index (χ0n) is 7.12. The van der Waals surface area contributed by atoms with Crippen molar-refractivity contribution in [3.8, 4) is 0 Å². The van der Waals surface area contributed by atoms with Crippen LogP contribution < -0.4 is 0 Å². The fourth-order valence-corrected chi connectivity index (χ4v) is 1.33. The summed E-state index contributed by atoms with van der Waals surface area (Å²) in [7, 11) is -1.13. The highest BCUT2D eigenvalue weighted by atomic mass is 28.2. The van der Waals surface area contributed by atoms with Crippen LogP contribution in [-0.4, -0.2) is 9.52 Å². The molecule has 1 fully saturated rings. The molecule has 0 aromatic rings. The maximum Gasteiger partial charge on any atom is 0.0229 e. The zero-order chi connectivity index (χ0) is 7.12. The van der Waals surface area contributed by atoms with Gasteiger partial charge in [-0.15, -0.1) is 0 Å². The molecular weight excluding hydrogens is 76.1 g/mol. The summed E-state index contributed by atoms with van der Waals surface area (Å²) in [5, 5.41) is 0. The minimum absolute atomic E-state index is 0.437. The van der Waals surface area contributed by atoms with Gasteiger partial charge in [0.15, 0.2) is 0 Å². The minimum atomic E-state index is -1.13. The molecule has 0 aromatic heterocycles. The predicted molar refractivity (Wildman–Crippen MR) is 27.4 cm³/mol. The van der Waals surface area contributed by atoms with Crippen LogP contribution in [0.4, 0.5) is 0 Å². The van der Waals surface area contributed by atoms with Crippen molar-refractivity contribution in [3.05, 3.63) is 0 Å². The van der Waals surface area contributed by atoms with E-state index in [2.05, 4.69) is 0 Å². The third-order valence-electron chi connectivity index (χ3n) is 0.729. The summed E-state index contributed by atoms with van der Waals surface area (Å²) in [4.78, 5) is 0. The third kappa shape index (κ3) is 0.761. The van der Waals surface area contributed by atoms with Gasteiger partial charge in [-0.2, -0.15) is 0 Å². The van der Waals surface area contributed by atoms with E-state index in [0.717, 1.165) is 0 Å². The Morgan fingerprint density at radius 2 is 2.00 bits per heavy atom. The molecule has 0 saturated carbocycles. The fourth-order valence-electron chi connectivity index (χ4n) is 0.442. The molecule has 30 valence electrons. The van der Waals surface area contributed by atoms with Gasteiger partial charge in [-0.1, -0.05) is 24.8 Å². The first kappa shape index (κ1) is 1.09. The Hall–Kier alpha value is 0.217. The van der Waals surface area contributed by atoms with Crippen molar-refractivity contribution in [2.45, 2.75) is 24.8 Å². The molecule has 0 bridgehead atoms. The average molecular weight is 90.2 g/mol. The number of hydrogen-bond acceptors (Lipinski definition) is 0. The molecule has 0 N–H and O–H groups in total. The molecule has 0 amide bonds. The molecule has 0 aromatic carbocycles. The Labute approximate surface area is 41.0 Å². The highest BCUT2D eigenvalue weighted by Gasteiger charge is 1.96. The molecule has 0 atom stereocenters. The van der Waals surface area contributed by atoms with Crippen LogP contribution in [0.1, 0.15) is 18.3 Å². The molecule has 0 radical (unpaired) electrons. The largest absolute Gasteiger partial charge is 0.0628 e. The van der Waals surface area contributed by atoms with Crippen molar-refractivity contribution in [1.29, 1.82) is 0 Å².